The van der Waals surface area contributed by atoms with Crippen LogP contribution in [0.1, 0.15) is 22.5 Å². The Morgan fingerprint density at radius 1 is 0.861 bits per heavy atom. The van der Waals surface area contributed by atoms with Crippen molar-refractivity contribution in [3.05, 3.63) is 89.3 Å². The third kappa shape index (κ3) is 5.09. The number of methoxy groups -OCH3 is 1. The van der Waals surface area contributed by atoms with E-state index >= 15 is 0 Å². The lowest BCUT2D eigenvalue weighted by Crippen LogP contribution is -2.46. The molecule has 5 rings (SSSR count). The van der Waals surface area contributed by atoms with Gasteiger partial charge in [0.25, 0.3) is 0 Å². The number of halogens is 1. The molecule has 8 heteroatoms. The van der Waals surface area contributed by atoms with Crippen LogP contribution < -0.4 is 9.64 Å². The van der Waals surface area contributed by atoms with Gasteiger partial charge in [-0.05, 0) is 55.8 Å². The van der Waals surface area contributed by atoms with Crippen LogP contribution in [0.5, 0.6) is 5.75 Å². The first-order valence-electron chi connectivity index (χ1n) is 12.2. The first kappa shape index (κ1) is 23.9. The van der Waals surface area contributed by atoms with E-state index in [-0.39, 0.29) is 5.82 Å². The lowest BCUT2D eigenvalue weighted by atomic mass is 10.1. The predicted molar refractivity (Wildman–Crippen MR) is 139 cm³/mol. The smallest absolute Gasteiger partial charge is 0.155 e. The van der Waals surface area contributed by atoms with Gasteiger partial charge in [0.05, 0.1) is 19.3 Å². The quantitative estimate of drug-likeness (QED) is 0.384. The second-order valence-electron chi connectivity index (χ2n) is 9.15. The molecule has 186 valence electrons. The second-order valence-corrected chi connectivity index (χ2v) is 9.15. The number of hydrogen-bond acceptors (Lipinski definition) is 6. The number of aromatic nitrogens is 4. The molecule has 0 radical (unpaired) electrons. The highest BCUT2D eigenvalue weighted by molar-refractivity contribution is 5.72. The maximum atomic E-state index is 13.4. The molecular weight excluding hydrogens is 455 g/mol. The first-order valence-corrected chi connectivity index (χ1v) is 12.2. The highest BCUT2D eigenvalue weighted by Crippen LogP contribution is 2.28. The summed E-state index contributed by atoms with van der Waals surface area (Å²) in [7, 11) is 1.68. The molecular formula is C28H31FN6O. The Morgan fingerprint density at radius 2 is 1.56 bits per heavy atom. The van der Waals surface area contributed by atoms with Gasteiger partial charge >= 0.3 is 0 Å². The summed E-state index contributed by atoms with van der Waals surface area (Å²) >= 11 is 0. The Labute approximate surface area is 211 Å². The minimum absolute atomic E-state index is 0.254. The number of aryl methyl sites for hydroxylation is 1. The van der Waals surface area contributed by atoms with Crippen LogP contribution in [0.3, 0.4) is 0 Å². The van der Waals surface area contributed by atoms with Gasteiger partial charge in [-0.1, -0.05) is 12.1 Å². The lowest BCUT2D eigenvalue weighted by molar-refractivity contribution is 0.248. The molecule has 0 saturated carbocycles. The molecule has 2 aromatic carbocycles. The van der Waals surface area contributed by atoms with Gasteiger partial charge in [0.15, 0.2) is 5.82 Å². The number of hydrogen-bond donors (Lipinski definition) is 0. The lowest BCUT2D eigenvalue weighted by Gasteiger charge is -2.36. The van der Waals surface area contributed by atoms with E-state index in [1.807, 2.05) is 12.1 Å². The molecule has 1 saturated heterocycles. The molecule has 0 atom stereocenters. The normalized spacial score (nSPS) is 14.3. The molecule has 1 aliphatic heterocycles. The Kier molecular flexibility index (Phi) is 6.95. The number of benzene rings is 2. The van der Waals surface area contributed by atoms with Crippen molar-refractivity contribution in [1.82, 2.24) is 24.6 Å². The largest absolute Gasteiger partial charge is 0.497 e. The zero-order valence-electron chi connectivity index (χ0n) is 21.0. The van der Waals surface area contributed by atoms with Crippen molar-refractivity contribution in [2.45, 2.75) is 26.9 Å². The molecule has 2 aromatic heterocycles. The Morgan fingerprint density at radius 3 is 2.25 bits per heavy atom. The fourth-order valence-electron chi connectivity index (χ4n) is 4.74. The van der Waals surface area contributed by atoms with Gasteiger partial charge in [-0.25, -0.2) is 9.37 Å². The monoisotopic (exact) mass is 486 g/mol. The van der Waals surface area contributed by atoms with E-state index in [2.05, 4.69) is 50.4 Å². The van der Waals surface area contributed by atoms with Crippen LogP contribution in [0, 0.1) is 19.7 Å². The first-order chi connectivity index (χ1) is 17.5. The van der Waals surface area contributed by atoms with Crippen LogP contribution >= 0.6 is 0 Å². The summed E-state index contributed by atoms with van der Waals surface area (Å²) in [4.78, 5) is 13.9. The number of ether oxygens (including phenoxy) is 1. The van der Waals surface area contributed by atoms with Crippen molar-refractivity contribution in [1.29, 1.82) is 0 Å². The molecule has 4 aromatic rings. The fourth-order valence-corrected chi connectivity index (χ4v) is 4.74. The summed E-state index contributed by atoms with van der Waals surface area (Å²) in [6.45, 7) is 9.41. The number of piperazine rings is 1. The van der Waals surface area contributed by atoms with Crippen LogP contribution in [0.4, 0.5) is 10.2 Å². The van der Waals surface area contributed by atoms with Crippen molar-refractivity contribution in [2.75, 3.05) is 38.2 Å². The molecule has 1 aliphatic rings. The standard InChI is InChI=1S/C28H31FN6O/c1-20-26(21(2)35(32-20)18-22-4-10-25(36-3)11-5-22)19-33-14-16-34(17-15-33)28-27(30-12-13-31-28)23-6-8-24(29)9-7-23/h4-13H,14-19H2,1-3H3. The SMILES string of the molecule is COc1ccc(Cn2nc(C)c(CN3CCN(c4nccnc4-c4ccc(F)cc4)CC3)c2C)cc1. The Bertz CT molecular complexity index is 1310. The van der Waals surface area contributed by atoms with Gasteiger partial charge in [-0.3, -0.25) is 14.6 Å². The maximum Gasteiger partial charge on any atom is 0.155 e. The molecule has 7 nitrogen and oxygen atoms in total. The van der Waals surface area contributed by atoms with Crippen LogP contribution in [-0.4, -0.2) is 57.9 Å². The van der Waals surface area contributed by atoms with Crippen molar-refractivity contribution in [3.63, 3.8) is 0 Å². The molecule has 0 bridgehead atoms. The van der Waals surface area contributed by atoms with Crippen molar-refractivity contribution < 1.29 is 9.13 Å². The number of rotatable bonds is 7. The van der Waals surface area contributed by atoms with E-state index in [9.17, 15) is 4.39 Å². The number of anilines is 1. The third-order valence-electron chi connectivity index (χ3n) is 6.87. The predicted octanol–water partition coefficient (Wildman–Crippen LogP) is 4.48. The van der Waals surface area contributed by atoms with Crippen LogP contribution in [0.25, 0.3) is 11.3 Å². The zero-order valence-corrected chi connectivity index (χ0v) is 21.0. The third-order valence-corrected chi connectivity index (χ3v) is 6.87. The van der Waals surface area contributed by atoms with Crippen molar-refractivity contribution in [2.24, 2.45) is 0 Å². The van der Waals surface area contributed by atoms with Gasteiger partial charge in [0, 0.05) is 61.9 Å². The van der Waals surface area contributed by atoms with Gasteiger partial charge in [0.2, 0.25) is 0 Å². The summed E-state index contributed by atoms with van der Waals surface area (Å²) in [5.41, 5.74) is 6.44. The van der Waals surface area contributed by atoms with E-state index in [1.54, 1.807) is 31.6 Å². The molecule has 0 aliphatic carbocycles. The van der Waals surface area contributed by atoms with E-state index < -0.39 is 0 Å². The molecule has 0 unspecified atom stereocenters. The second kappa shape index (κ2) is 10.5. The highest BCUT2D eigenvalue weighted by Gasteiger charge is 2.23. The van der Waals surface area contributed by atoms with Crippen LogP contribution in [0.15, 0.2) is 60.9 Å². The zero-order chi connectivity index (χ0) is 25.1. The van der Waals surface area contributed by atoms with Gasteiger partial charge < -0.3 is 9.64 Å². The van der Waals surface area contributed by atoms with Gasteiger partial charge in [-0.15, -0.1) is 0 Å². The van der Waals surface area contributed by atoms with Crippen molar-refractivity contribution >= 4 is 5.82 Å². The summed E-state index contributed by atoms with van der Waals surface area (Å²) in [5, 5.41) is 4.83. The van der Waals surface area contributed by atoms with E-state index in [4.69, 9.17) is 9.84 Å². The molecule has 0 N–H and O–H groups in total. The van der Waals surface area contributed by atoms with E-state index in [1.165, 1.54) is 29.0 Å². The van der Waals surface area contributed by atoms with Gasteiger partial charge in [0.1, 0.15) is 17.3 Å². The van der Waals surface area contributed by atoms with Crippen LogP contribution in [-0.2, 0) is 13.1 Å². The van der Waals surface area contributed by atoms with Gasteiger partial charge in [-0.2, -0.15) is 5.10 Å². The summed E-state index contributed by atoms with van der Waals surface area (Å²) in [6.07, 6.45) is 3.41. The van der Waals surface area contributed by atoms with E-state index in [0.29, 0.717) is 0 Å². The fraction of sp³-hybridized carbons (Fsp3) is 0.321. The highest BCUT2D eigenvalue weighted by atomic mass is 19.1. The van der Waals surface area contributed by atoms with Crippen LogP contribution in [0.2, 0.25) is 0 Å². The molecule has 3 heterocycles. The summed E-state index contributed by atoms with van der Waals surface area (Å²) in [5.74, 6) is 1.46. The molecule has 0 spiro atoms. The average Bonchev–Trinajstić information content (AvgIpc) is 3.17. The van der Waals surface area contributed by atoms with Crippen molar-refractivity contribution in [3.8, 4) is 17.0 Å². The van der Waals surface area contributed by atoms with E-state index in [0.717, 1.165) is 67.8 Å². The molecule has 0 amide bonds. The molecule has 1 fully saturated rings. The minimum atomic E-state index is -0.254. The number of nitrogens with zero attached hydrogens (tertiary/aromatic N) is 6. The summed E-state index contributed by atoms with van der Waals surface area (Å²) in [6, 6.07) is 14.6. The minimum Gasteiger partial charge on any atom is -0.497 e. The Balaban J connectivity index is 1.25. The topological polar surface area (TPSA) is 59.3 Å². The Hall–Kier alpha value is -3.78. The molecule has 36 heavy (non-hydrogen) atoms. The maximum absolute atomic E-state index is 13.4. The average molecular weight is 487 g/mol. The summed E-state index contributed by atoms with van der Waals surface area (Å²) < 4.78 is 20.8.